The van der Waals surface area contributed by atoms with Gasteiger partial charge in [0.05, 0.1) is 22.8 Å². The molecule has 0 spiro atoms. The molecule has 0 fully saturated rings. The lowest BCUT2D eigenvalue weighted by molar-refractivity contribution is 1.23. The van der Waals surface area contributed by atoms with Crippen molar-refractivity contribution in [2.45, 2.75) is 13.8 Å². The molecule has 0 unspecified atom stereocenters. The Hall–Kier alpha value is -4.18. The minimum Gasteiger partial charge on any atom is -0.255 e. The van der Waals surface area contributed by atoms with Gasteiger partial charge in [0.2, 0.25) is 0 Å². The molecular weight excluding hydrogens is 392 g/mol. The summed E-state index contributed by atoms with van der Waals surface area (Å²) in [6, 6.07) is 16.1. The molecule has 0 aliphatic carbocycles. The van der Waals surface area contributed by atoms with E-state index < -0.39 is 0 Å². The molecule has 32 heavy (non-hydrogen) atoms. The minimum absolute atomic E-state index is 0.872. The molecule has 0 N–H and O–H groups in total. The first-order valence-electron chi connectivity index (χ1n) is 10.5. The predicted molar refractivity (Wildman–Crippen MR) is 132 cm³/mol. The Morgan fingerprint density at radius 1 is 0.469 bits per heavy atom. The summed E-state index contributed by atoms with van der Waals surface area (Å²) in [4.78, 5) is 17.7. The van der Waals surface area contributed by atoms with Gasteiger partial charge in [-0.1, -0.05) is 36.5 Å². The largest absolute Gasteiger partial charge is 0.255 e. The summed E-state index contributed by atoms with van der Waals surface area (Å²) < 4.78 is 0. The van der Waals surface area contributed by atoms with Gasteiger partial charge in [-0.2, -0.15) is 0 Å². The molecule has 0 amide bonds. The molecule has 0 bridgehead atoms. The van der Waals surface area contributed by atoms with Crippen LogP contribution in [0.2, 0.25) is 0 Å². The maximum Gasteiger partial charge on any atom is 0.0892 e. The molecule has 4 heteroatoms. The summed E-state index contributed by atoms with van der Waals surface area (Å²) in [7, 11) is 0. The van der Waals surface area contributed by atoms with Gasteiger partial charge < -0.3 is 0 Å². The first-order valence-corrected chi connectivity index (χ1v) is 10.5. The van der Waals surface area contributed by atoms with Gasteiger partial charge in [-0.15, -0.1) is 0 Å². The second-order valence-electron chi connectivity index (χ2n) is 7.49. The Kier molecular flexibility index (Phi) is 6.73. The van der Waals surface area contributed by atoms with Crippen LogP contribution in [0, 0.1) is 13.8 Å². The van der Waals surface area contributed by atoms with Gasteiger partial charge in [0.1, 0.15) is 0 Å². The van der Waals surface area contributed by atoms with Crippen LogP contribution >= 0.6 is 0 Å². The van der Waals surface area contributed by atoms with Gasteiger partial charge in [0.15, 0.2) is 0 Å². The second kappa shape index (κ2) is 10.2. The summed E-state index contributed by atoms with van der Waals surface area (Å²) in [6.45, 7) is 4.11. The quantitative estimate of drug-likeness (QED) is 0.337. The fraction of sp³-hybridized carbons (Fsp3) is 0.0714. The van der Waals surface area contributed by atoms with E-state index in [4.69, 9.17) is 0 Å². The topological polar surface area (TPSA) is 51.6 Å². The van der Waals surface area contributed by atoms with Gasteiger partial charge >= 0.3 is 0 Å². The highest BCUT2D eigenvalue weighted by molar-refractivity contribution is 5.63. The van der Waals surface area contributed by atoms with E-state index >= 15 is 0 Å². The molecule has 4 heterocycles. The van der Waals surface area contributed by atoms with E-state index in [2.05, 4.69) is 45.9 Å². The van der Waals surface area contributed by atoms with Crippen molar-refractivity contribution in [1.29, 1.82) is 0 Å². The highest BCUT2D eigenvalue weighted by Gasteiger charge is 2.02. The van der Waals surface area contributed by atoms with Crippen molar-refractivity contribution in [2.75, 3.05) is 0 Å². The maximum absolute atomic E-state index is 4.44. The zero-order chi connectivity index (χ0) is 22.2. The Morgan fingerprint density at radius 3 is 1.25 bits per heavy atom. The fourth-order valence-corrected chi connectivity index (χ4v) is 3.20. The van der Waals surface area contributed by atoms with Crippen molar-refractivity contribution < 1.29 is 0 Å². The lowest BCUT2D eigenvalue weighted by atomic mass is 10.1. The second-order valence-corrected chi connectivity index (χ2v) is 7.49. The summed E-state index contributed by atoms with van der Waals surface area (Å²) in [6.07, 6.45) is 19.4. The summed E-state index contributed by atoms with van der Waals surface area (Å²) in [5, 5.41) is 0. The third-order valence-corrected chi connectivity index (χ3v) is 4.83. The monoisotopic (exact) mass is 416 g/mol. The Labute approximate surface area is 188 Å². The Balaban J connectivity index is 1.40. The first-order chi connectivity index (χ1) is 15.7. The number of hydrogen-bond donors (Lipinski definition) is 0. The number of rotatable bonds is 6. The molecular formula is C28H24N4. The fourth-order valence-electron chi connectivity index (χ4n) is 3.20. The van der Waals surface area contributed by atoms with Crippen LogP contribution in [0.5, 0.6) is 0 Å². The van der Waals surface area contributed by atoms with Crippen LogP contribution in [0.25, 0.3) is 34.9 Å². The van der Waals surface area contributed by atoms with Crippen LogP contribution in [-0.2, 0) is 0 Å². The number of nitrogens with zero attached hydrogens (tertiary/aromatic N) is 4. The van der Waals surface area contributed by atoms with E-state index in [1.54, 1.807) is 0 Å². The van der Waals surface area contributed by atoms with E-state index in [1.807, 2.05) is 97.6 Å². The zero-order valence-corrected chi connectivity index (χ0v) is 18.2. The van der Waals surface area contributed by atoms with Gasteiger partial charge in [-0.3, -0.25) is 19.9 Å². The van der Waals surface area contributed by atoms with Crippen molar-refractivity contribution in [1.82, 2.24) is 19.9 Å². The van der Waals surface area contributed by atoms with E-state index in [0.29, 0.717) is 0 Å². The van der Waals surface area contributed by atoms with Crippen molar-refractivity contribution in [2.24, 2.45) is 0 Å². The van der Waals surface area contributed by atoms with E-state index in [1.165, 1.54) is 11.1 Å². The average Bonchev–Trinajstić information content (AvgIpc) is 2.82. The van der Waals surface area contributed by atoms with Crippen molar-refractivity contribution >= 4 is 12.2 Å². The van der Waals surface area contributed by atoms with Gasteiger partial charge in [0, 0.05) is 24.8 Å². The van der Waals surface area contributed by atoms with E-state index in [0.717, 1.165) is 33.9 Å². The molecule has 4 aromatic rings. The molecule has 4 nitrogen and oxygen atoms in total. The van der Waals surface area contributed by atoms with Crippen molar-refractivity contribution in [3.63, 3.8) is 0 Å². The number of pyridine rings is 4. The summed E-state index contributed by atoms with van der Waals surface area (Å²) in [5.41, 5.74) is 8.01. The molecule has 0 aliphatic heterocycles. The lowest BCUT2D eigenvalue weighted by Crippen LogP contribution is -1.88. The number of aryl methyl sites for hydroxylation is 2. The Bertz CT molecular complexity index is 1200. The normalized spacial score (nSPS) is 11.7. The number of allylic oxidation sites excluding steroid dienone is 4. The summed E-state index contributed by atoms with van der Waals surface area (Å²) in [5.74, 6) is 0. The predicted octanol–water partition coefficient (Wildman–Crippen LogP) is 6.50. The smallest absolute Gasteiger partial charge is 0.0892 e. The SMILES string of the molecule is Cc1ccnc(-c2cc(/C=C/C=C/C=C/c3ccnc(-c4cc(C)ccn4)c3)ccn2)c1. The Morgan fingerprint density at radius 2 is 0.844 bits per heavy atom. The molecule has 0 saturated heterocycles. The molecule has 4 aromatic heterocycles. The third-order valence-electron chi connectivity index (χ3n) is 4.83. The molecule has 4 rings (SSSR count). The minimum atomic E-state index is 0.872. The molecule has 156 valence electrons. The van der Waals surface area contributed by atoms with E-state index in [-0.39, 0.29) is 0 Å². The highest BCUT2D eigenvalue weighted by Crippen LogP contribution is 2.18. The molecule has 0 radical (unpaired) electrons. The van der Waals surface area contributed by atoms with Gasteiger partial charge in [-0.25, -0.2) is 0 Å². The van der Waals surface area contributed by atoms with Crippen molar-refractivity contribution in [3.05, 3.63) is 120 Å². The van der Waals surface area contributed by atoms with Crippen molar-refractivity contribution in [3.8, 4) is 22.8 Å². The van der Waals surface area contributed by atoms with E-state index in [9.17, 15) is 0 Å². The van der Waals surface area contributed by atoms with Crippen LogP contribution < -0.4 is 0 Å². The van der Waals surface area contributed by atoms with Crippen LogP contribution in [0.4, 0.5) is 0 Å². The van der Waals surface area contributed by atoms with Crippen LogP contribution in [0.1, 0.15) is 22.3 Å². The molecule has 0 saturated carbocycles. The van der Waals surface area contributed by atoms with Gasteiger partial charge in [0.25, 0.3) is 0 Å². The molecule has 0 aromatic carbocycles. The highest BCUT2D eigenvalue weighted by atomic mass is 14.8. The molecule has 0 atom stereocenters. The van der Waals surface area contributed by atoms with Crippen LogP contribution in [0.15, 0.2) is 97.6 Å². The van der Waals surface area contributed by atoms with Gasteiger partial charge in [-0.05, 0) is 84.6 Å². The standard InChI is InChI=1S/C28H24N4/c1-21-9-13-29-25(17-21)27-19-23(11-15-31-27)7-5-3-4-6-8-24-12-16-32-28(20-24)26-18-22(2)10-14-30-26/h3-20H,1-2H3/b4-3+,7-5+,8-6+. The number of aromatic nitrogens is 4. The summed E-state index contributed by atoms with van der Waals surface area (Å²) >= 11 is 0. The van der Waals surface area contributed by atoms with Crippen LogP contribution in [0.3, 0.4) is 0 Å². The maximum atomic E-state index is 4.44. The molecule has 0 aliphatic rings. The zero-order valence-electron chi connectivity index (χ0n) is 18.2. The third kappa shape index (κ3) is 5.70. The number of hydrogen-bond acceptors (Lipinski definition) is 4. The lowest BCUT2D eigenvalue weighted by Gasteiger charge is -2.02. The first kappa shape index (κ1) is 21.1. The van der Waals surface area contributed by atoms with Crippen LogP contribution in [-0.4, -0.2) is 19.9 Å². The average molecular weight is 417 g/mol.